The van der Waals surface area contributed by atoms with Crippen molar-refractivity contribution in [1.29, 1.82) is 0 Å². The molecular weight excluding hydrogens is 187 g/mol. The third-order valence-corrected chi connectivity index (χ3v) is 2.11. The number of benzene rings is 1. The van der Waals surface area contributed by atoms with Gasteiger partial charge in [0, 0.05) is 0 Å². The second kappa shape index (κ2) is 6.55. The maximum absolute atomic E-state index is 10.7. The summed E-state index contributed by atoms with van der Waals surface area (Å²) in [5.41, 5.74) is 0.945. The second-order valence-electron chi connectivity index (χ2n) is 3.26. The Morgan fingerprint density at radius 2 is 2.07 bits per heavy atom. The Balaban J connectivity index is 0.00000196. The van der Waals surface area contributed by atoms with E-state index in [2.05, 4.69) is 6.92 Å². The quantitative estimate of drug-likeness (QED) is 0.732. The Morgan fingerprint density at radius 1 is 1.40 bits per heavy atom. The van der Waals surface area contributed by atoms with Crippen molar-refractivity contribution in [2.45, 2.75) is 26.2 Å². The SMILES string of the molecule is CCCCc1ccc(O)c(C(=O)O)c1.[LiH]. The van der Waals surface area contributed by atoms with E-state index in [0.29, 0.717) is 0 Å². The normalized spacial score (nSPS) is 9.40. The minimum absolute atomic E-state index is 0. The number of carboxylic acids is 1. The maximum atomic E-state index is 10.7. The number of aryl methyl sites for hydroxylation is 1. The summed E-state index contributed by atoms with van der Waals surface area (Å²) in [4.78, 5) is 10.7. The fraction of sp³-hybridized carbons (Fsp3) is 0.364. The Labute approximate surface area is 101 Å². The molecular formula is C11H15LiO3. The van der Waals surface area contributed by atoms with Gasteiger partial charge in [0.1, 0.15) is 11.3 Å². The van der Waals surface area contributed by atoms with Gasteiger partial charge >= 0.3 is 24.8 Å². The van der Waals surface area contributed by atoms with E-state index in [4.69, 9.17) is 5.11 Å². The van der Waals surface area contributed by atoms with Crippen molar-refractivity contribution in [1.82, 2.24) is 0 Å². The number of carbonyl (C=O) groups is 1. The summed E-state index contributed by atoms with van der Waals surface area (Å²) in [6.07, 6.45) is 2.96. The van der Waals surface area contributed by atoms with Crippen LogP contribution in [0, 0.1) is 0 Å². The van der Waals surface area contributed by atoms with Crippen molar-refractivity contribution in [2.75, 3.05) is 0 Å². The fourth-order valence-corrected chi connectivity index (χ4v) is 1.29. The summed E-state index contributed by atoms with van der Waals surface area (Å²) in [6, 6.07) is 4.74. The van der Waals surface area contributed by atoms with Gasteiger partial charge in [-0.3, -0.25) is 0 Å². The first-order valence-electron chi connectivity index (χ1n) is 4.70. The van der Waals surface area contributed by atoms with Gasteiger partial charge in [-0.25, -0.2) is 4.79 Å². The monoisotopic (exact) mass is 202 g/mol. The van der Waals surface area contributed by atoms with Crippen LogP contribution in [0.4, 0.5) is 0 Å². The van der Waals surface area contributed by atoms with Crippen LogP contribution in [-0.2, 0) is 6.42 Å². The van der Waals surface area contributed by atoms with Crippen LogP contribution in [-0.4, -0.2) is 35.0 Å². The molecule has 0 spiro atoms. The molecule has 0 heterocycles. The van der Waals surface area contributed by atoms with E-state index < -0.39 is 5.97 Å². The van der Waals surface area contributed by atoms with Crippen LogP contribution in [0.25, 0.3) is 0 Å². The summed E-state index contributed by atoms with van der Waals surface area (Å²) in [5, 5.41) is 18.0. The number of unbranched alkanes of at least 4 members (excludes halogenated alkanes) is 1. The zero-order valence-corrected chi connectivity index (χ0v) is 8.16. The molecule has 0 aliphatic heterocycles. The van der Waals surface area contributed by atoms with E-state index in [9.17, 15) is 9.90 Å². The summed E-state index contributed by atoms with van der Waals surface area (Å²) in [6.45, 7) is 2.08. The van der Waals surface area contributed by atoms with Crippen LogP contribution in [0.3, 0.4) is 0 Å². The number of aromatic hydroxyl groups is 1. The third kappa shape index (κ3) is 3.99. The molecule has 0 saturated carbocycles. The Kier molecular flexibility index (Phi) is 6.15. The molecule has 0 aromatic heterocycles. The summed E-state index contributed by atoms with van der Waals surface area (Å²) >= 11 is 0. The van der Waals surface area contributed by atoms with Crippen LogP contribution in [0.15, 0.2) is 18.2 Å². The van der Waals surface area contributed by atoms with Crippen molar-refractivity contribution >= 4 is 24.8 Å². The summed E-state index contributed by atoms with van der Waals surface area (Å²) in [7, 11) is 0. The zero-order valence-electron chi connectivity index (χ0n) is 8.16. The molecule has 0 amide bonds. The Bertz CT molecular complexity index is 337. The van der Waals surface area contributed by atoms with Crippen LogP contribution < -0.4 is 0 Å². The summed E-state index contributed by atoms with van der Waals surface area (Å²) in [5.74, 6) is -1.25. The van der Waals surface area contributed by atoms with Gasteiger partial charge in [0.15, 0.2) is 0 Å². The first kappa shape index (κ1) is 14.1. The van der Waals surface area contributed by atoms with E-state index in [-0.39, 0.29) is 30.2 Å². The average molecular weight is 202 g/mol. The molecule has 3 nitrogen and oxygen atoms in total. The molecule has 15 heavy (non-hydrogen) atoms. The second-order valence-corrected chi connectivity index (χ2v) is 3.26. The number of aromatic carboxylic acids is 1. The van der Waals surface area contributed by atoms with E-state index in [1.54, 1.807) is 6.07 Å². The van der Waals surface area contributed by atoms with E-state index in [1.165, 1.54) is 12.1 Å². The van der Waals surface area contributed by atoms with Crippen molar-refractivity contribution in [3.8, 4) is 5.75 Å². The first-order chi connectivity index (χ1) is 6.65. The van der Waals surface area contributed by atoms with Gasteiger partial charge in [-0.15, -0.1) is 0 Å². The molecule has 78 valence electrons. The topological polar surface area (TPSA) is 57.5 Å². The predicted molar refractivity (Wildman–Crippen MR) is 60.8 cm³/mol. The van der Waals surface area contributed by atoms with Gasteiger partial charge in [-0.1, -0.05) is 19.4 Å². The van der Waals surface area contributed by atoms with Crippen molar-refractivity contribution in [2.24, 2.45) is 0 Å². The molecule has 0 radical (unpaired) electrons. The molecule has 0 aliphatic rings. The predicted octanol–water partition coefficient (Wildman–Crippen LogP) is 1.78. The molecule has 1 aromatic rings. The molecule has 1 aromatic carbocycles. The fourth-order valence-electron chi connectivity index (χ4n) is 1.29. The standard InChI is InChI=1S/C11H14O3.Li.H/c1-2-3-4-8-5-6-10(12)9(7-8)11(13)14;;/h5-7,12H,2-4H2,1H3,(H,13,14);;. The first-order valence-corrected chi connectivity index (χ1v) is 4.70. The summed E-state index contributed by atoms with van der Waals surface area (Å²) < 4.78 is 0. The molecule has 0 atom stereocenters. The van der Waals surface area contributed by atoms with Gasteiger partial charge < -0.3 is 10.2 Å². The molecule has 0 aliphatic carbocycles. The molecule has 4 heteroatoms. The zero-order chi connectivity index (χ0) is 10.6. The third-order valence-electron chi connectivity index (χ3n) is 2.11. The molecule has 1 rings (SSSR count). The van der Waals surface area contributed by atoms with Crippen molar-refractivity contribution in [3.63, 3.8) is 0 Å². The minimum atomic E-state index is -1.08. The van der Waals surface area contributed by atoms with Crippen molar-refractivity contribution in [3.05, 3.63) is 29.3 Å². The van der Waals surface area contributed by atoms with Crippen LogP contribution in [0.5, 0.6) is 5.75 Å². The number of hydrogen-bond acceptors (Lipinski definition) is 2. The Hall–Kier alpha value is -0.913. The van der Waals surface area contributed by atoms with Crippen LogP contribution >= 0.6 is 0 Å². The number of hydrogen-bond donors (Lipinski definition) is 2. The van der Waals surface area contributed by atoms with E-state index in [0.717, 1.165) is 24.8 Å². The molecule has 0 saturated heterocycles. The molecule has 0 fully saturated rings. The Morgan fingerprint density at radius 3 is 2.60 bits per heavy atom. The number of carboxylic acid groups (broad SMARTS) is 1. The van der Waals surface area contributed by atoms with Crippen LogP contribution in [0.1, 0.15) is 35.7 Å². The van der Waals surface area contributed by atoms with Gasteiger partial charge in [0.25, 0.3) is 0 Å². The molecule has 2 N–H and O–H groups in total. The molecule has 0 bridgehead atoms. The van der Waals surface area contributed by atoms with E-state index in [1.807, 2.05) is 0 Å². The van der Waals surface area contributed by atoms with E-state index >= 15 is 0 Å². The van der Waals surface area contributed by atoms with Gasteiger partial charge in [-0.2, -0.15) is 0 Å². The molecule has 0 unspecified atom stereocenters. The van der Waals surface area contributed by atoms with Crippen LogP contribution in [0.2, 0.25) is 0 Å². The number of phenols is 1. The average Bonchev–Trinajstić information content (AvgIpc) is 2.16. The van der Waals surface area contributed by atoms with Gasteiger partial charge in [0.2, 0.25) is 0 Å². The number of rotatable bonds is 4. The van der Waals surface area contributed by atoms with Gasteiger partial charge in [0.05, 0.1) is 0 Å². The van der Waals surface area contributed by atoms with Crippen molar-refractivity contribution < 1.29 is 15.0 Å². The van der Waals surface area contributed by atoms with Gasteiger partial charge in [-0.05, 0) is 30.5 Å².